The van der Waals surface area contributed by atoms with Crippen molar-refractivity contribution in [1.82, 2.24) is 5.32 Å². The van der Waals surface area contributed by atoms with Crippen molar-refractivity contribution in [1.29, 1.82) is 0 Å². The summed E-state index contributed by atoms with van der Waals surface area (Å²) in [5, 5.41) is 43.5. The molecule has 0 heterocycles. The van der Waals surface area contributed by atoms with Crippen LogP contribution in [0.15, 0.2) is 12.2 Å². The maximum atomic E-state index is 12.5. The lowest BCUT2D eigenvalue weighted by molar-refractivity contribution is -0.132. The van der Waals surface area contributed by atoms with E-state index >= 15 is 0 Å². The molecule has 0 radical (unpaired) electrons. The molecule has 0 spiro atoms. The standard InChI is InChI=1S/C40H79NO5/c1-3-5-7-9-11-13-15-17-19-20-22-24-26-28-30-32-34-38(44)40(46)41-36(35-42)39(45)37(43)33-31-29-27-25-23-21-18-16-14-12-10-8-6-4-2/h17,19,36-39,42-45H,3-16,18,20-35H2,1-2H3,(H,41,46)/b19-17-. The smallest absolute Gasteiger partial charge is 0.249 e. The Morgan fingerprint density at radius 3 is 1.26 bits per heavy atom. The summed E-state index contributed by atoms with van der Waals surface area (Å²) in [6.07, 6.45) is 36.5. The van der Waals surface area contributed by atoms with Crippen molar-refractivity contribution in [2.24, 2.45) is 0 Å². The average molecular weight is 654 g/mol. The fourth-order valence-corrected chi connectivity index (χ4v) is 6.22. The van der Waals surface area contributed by atoms with Crippen LogP contribution in [0.25, 0.3) is 0 Å². The van der Waals surface area contributed by atoms with Crippen molar-refractivity contribution in [3.05, 3.63) is 12.2 Å². The van der Waals surface area contributed by atoms with Gasteiger partial charge in [-0.2, -0.15) is 0 Å². The minimum absolute atomic E-state index is 0.364. The second-order valence-corrected chi connectivity index (χ2v) is 14.0. The van der Waals surface area contributed by atoms with E-state index in [1.165, 1.54) is 135 Å². The van der Waals surface area contributed by atoms with Crippen LogP contribution in [0.1, 0.15) is 206 Å². The summed E-state index contributed by atoms with van der Waals surface area (Å²) in [5.74, 6) is -0.588. The van der Waals surface area contributed by atoms with Crippen molar-refractivity contribution in [3.63, 3.8) is 0 Å². The van der Waals surface area contributed by atoms with E-state index in [4.69, 9.17) is 0 Å². The summed E-state index contributed by atoms with van der Waals surface area (Å²) in [7, 11) is 0. The maximum absolute atomic E-state index is 12.5. The lowest BCUT2D eigenvalue weighted by Crippen LogP contribution is -2.53. The fourth-order valence-electron chi connectivity index (χ4n) is 6.22. The molecule has 1 amide bonds. The molecule has 0 aliphatic heterocycles. The molecular formula is C40H79NO5. The number of carbonyl (C=O) groups is 1. The highest BCUT2D eigenvalue weighted by Gasteiger charge is 2.28. The van der Waals surface area contributed by atoms with Gasteiger partial charge < -0.3 is 25.7 Å². The van der Waals surface area contributed by atoms with E-state index in [0.29, 0.717) is 12.8 Å². The first kappa shape index (κ1) is 45.0. The summed E-state index contributed by atoms with van der Waals surface area (Å²) in [6, 6.07) is -0.983. The zero-order valence-corrected chi connectivity index (χ0v) is 30.6. The van der Waals surface area contributed by atoms with Crippen LogP contribution < -0.4 is 5.32 Å². The molecule has 274 valence electrons. The fraction of sp³-hybridized carbons (Fsp3) is 0.925. The van der Waals surface area contributed by atoms with Gasteiger partial charge in [-0.25, -0.2) is 0 Å². The number of amides is 1. The Morgan fingerprint density at radius 1 is 0.522 bits per heavy atom. The van der Waals surface area contributed by atoms with Gasteiger partial charge in [0.15, 0.2) is 0 Å². The van der Waals surface area contributed by atoms with Crippen molar-refractivity contribution in [2.45, 2.75) is 231 Å². The monoisotopic (exact) mass is 654 g/mol. The van der Waals surface area contributed by atoms with Crippen LogP contribution in [0.2, 0.25) is 0 Å². The van der Waals surface area contributed by atoms with Gasteiger partial charge in [0.1, 0.15) is 12.2 Å². The summed E-state index contributed by atoms with van der Waals surface area (Å²) >= 11 is 0. The molecule has 4 atom stereocenters. The largest absolute Gasteiger partial charge is 0.394 e. The van der Waals surface area contributed by atoms with E-state index in [1.54, 1.807) is 0 Å². The number of unbranched alkanes of at least 4 members (excludes halogenated alkanes) is 25. The summed E-state index contributed by atoms with van der Waals surface area (Å²) in [5.41, 5.74) is 0. The molecule has 46 heavy (non-hydrogen) atoms. The SMILES string of the molecule is CCCCCCCC/C=C\CCCCCCCCC(O)C(=O)NC(CO)C(O)C(O)CCCCCCCCCCCCCCCC. The van der Waals surface area contributed by atoms with Crippen LogP contribution in [0.5, 0.6) is 0 Å². The summed E-state index contributed by atoms with van der Waals surface area (Å²) in [6.45, 7) is 4.03. The van der Waals surface area contributed by atoms with E-state index in [-0.39, 0.29) is 0 Å². The molecule has 0 bridgehead atoms. The molecular weight excluding hydrogens is 574 g/mol. The van der Waals surface area contributed by atoms with Gasteiger partial charge in [0.25, 0.3) is 0 Å². The first-order chi connectivity index (χ1) is 22.5. The van der Waals surface area contributed by atoms with E-state index in [0.717, 1.165) is 44.9 Å². The van der Waals surface area contributed by atoms with E-state index in [2.05, 4.69) is 31.3 Å². The first-order valence-corrected chi connectivity index (χ1v) is 20.1. The first-order valence-electron chi connectivity index (χ1n) is 20.1. The minimum Gasteiger partial charge on any atom is -0.394 e. The van der Waals surface area contributed by atoms with Crippen LogP contribution in [-0.2, 0) is 4.79 Å². The molecule has 4 unspecified atom stereocenters. The van der Waals surface area contributed by atoms with Crippen molar-refractivity contribution >= 4 is 5.91 Å². The molecule has 0 aromatic rings. The van der Waals surface area contributed by atoms with E-state index < -0.39 is 36.9 Å². The van der Waals surface area contributed by atoms with Crippen LogP contribution >= 0.6 is 0 Å². The number of aliphatic hydroxyl groups is 4. The number of hydrogen-bond acceptors (Lipinski definition) is 5. The van der Waals surface area contributed by atoms with Crippen molar-refractivity contribution < 1.29 is 25.2 Å². The highest BCUT2D eigenvalue weighted by atomic mass is 16.3. The lowest BCUT2D eigenvalue weighted by Gasteiger charge is -2.27. The highest BCUT2D eigenvalue weighted by molar-refractivity contribution is 5.80. The molecule has 0 aromatic carbocycles. The third kappa shape index (κ3) is 29.2. The topological polar surface area (TPSA) is 110 Å². The lowest BCUT2D eigenvalue weighted by atomic mass is 9.99. The predicted molar refractivity (Wildman–Crippen MR) is 196 cm³/mol. The van der Waals surface area contributed by atoms with Gasteiger partial charge in [-0.1, -0.05) is 180 Å². The molecule has 6 heteroatoms. The molecule has 0 aliphatic carbocycles. The molecule has 0 saturated heterocycles. The molecule has 0 saturated carbocycles. The average Bonchev–Trinajstić information content (AvgIpc) is 3.06. The number of aliphatic hydroxyl groups excluding tert-OH is 4. The van der Waals surface area contributed by atoms with Gasteiger partial charge in [-0.05, 0) is 38.5 Å². The Bertz CT molecular complexity index is 658. The maximum Gasteiger partial charge on any atom is 0.249 e. The van der Waals surface area contributed by atoms with Gasteiger partial charge >= 0.3 is 0 Å². The quantitative estimate of drug-likeness (QED) is 0.0342. The van der Waals surface area contributed by atoms with Crippen molar-refractivity contribution in [3.8, 4) is 0 Å². The summed E-state index contributed by atoms with van der Waals surface area (Å²) < 4.78 is 0. The Balaban J connectivity index is 3.78. The van der Waals surface area contributed by atoms with E-state index in [9.17, 15) is 25.2 Å². The number of rotatable bonds is 36. The van der Waals surface area contributed by atoms with Gasteiger partial charge in [0.05, 0.1) is 18.8 Å². The van der Waals surface area contributed by atoms with Crippen LogP contribution in [0.4, 0.5) is 0 Å². The zero-order valence-electron chi connectivity index (χ0n) is 30.6. The number of carbonyl (C=O) groups excluding carboxylic acids is 1. The van der Waals surface area contributed by atoms with Crippen LogP contribution in [0, 0.1) is 0 Å². The van der Waals surface area contributed by atoms with Gasteiger partial charge in [-0.15, -0.1) is 0 Å². The molecule has 0 aliphatic rings. The molecule has 0 aromatic heterocycles. The Kier molecular flexibility index (Phi) is 34.6. The number of allylic oxidation sites excluding steroid dienone is 2. The Labute approximate surface area is 285 Å². The second-order valence-electron chi connectivity index (χ2n) is 14.0. The van der Waals surface area contributed by atoms with Gasteiger partial charge in [-0.3, -0.25) is 4.79 Å². The minimum atomic E-state index is -1.26. The molecule has 6 nitrogen and oxygen atoms in total. The third-order valence-electron chi connectivity index (χ3n) is 9.48. The zero-order chi connectivity index (χ0) is 33.9. The normalized spacial score (nSPS) is 14.5. The predicted octanol–water partition coefficient (Wildman–Crippen LogP) is 9.85. The van der Waals surface area contributed by atoms with Gasteiger partial charge in [0, 0.05) is 0 Å². The van der Waals surface area contributed by atoms with Crippen LogP contribution in [-0.4, -0.2) is 57.3 Å². The molecule has 5 N–H and O–H groups in total. The number of nitrogens with one attached hydrogen (secondary N) is 1. The Morgan fingerprint density at radius 2 is 0.870 bits per heavy atom. The molecule has 0 fully saturated rings. The molecule has 0 rings (SSSR count). The van der Waals surface area contributed by atoms with Gasteiger partial charge in [0.2, 0.25) is 5.91 Å². The van der Waals surface area contributed by atoms with Crippen molar-refractivity contribution in [2.75, 3.05) is 6.61 Å². The van der Waals surface area contributed by atoms with Crippen LogP contribution in [0.3, 0.4) is 0 Å². The Hall–Kier alpha value is -0.950. The third-order valence-corrected chi connectivity index (χ3v) is 9.48. The summed E-state index contributed by atoms with van der Waals surface area (Å²) in [4.78, 5) is 12.5. The van der Waals surface area contributed by atoms with E-state index in [1.807, 2.05) is 0 Å². The highest BCUT2D eigenvalue weighted by Crippen LogP contribution is 2.16. The number of hydrogen-bond donors (Lipinski definition) is 5. The second kappa shape index (κ2) is 35.4.